The third kappa shape index (κ3) is 5.74. The quantitative estimate of drug-likeness (QED) is 0.834. The van der Waals surface area contributed by atoms with E-state index < -0.39 is 0 Å². The predicted molar refractivity (Wildman–Crippen MR) is 102 cm³/mol. The highest BCUT2D eigenvalue weighted by Gasteiger charge is 2.15. The topological polar surface area (TPSA) is 58.2 Å². The first-order valence-electron chi connectivity index (χ1n) is 7.79. The molecule has 2 rings (SSSR count). The number of anilines is 2. The summed E-state index contributed by atoms with van der Waals surface area (Å²) >= 11 is 1.31. The minimum Gasteiger partial charge on any atom is -0.325 e. The van der Waals surface area contributed by atoms with Crippen LogP contribution in [0.15, 0.2) is 48.5 Å². The predicted octanol–water partition coefficient (Wildman–Crippen LogP) is 4.00. The van der Waals surface area contributed by atoms with E-state index in [1.807, 2.05) is 62.4 Å². The molecule has 5 heteroatoms. The Bertz CT molecular complexity index is 714. The lowest BCUT2D eigenvalue weighted by Gasteiger charge is -2.12. The van der Waals surface area contributed by atoms with E-state index in [2.05, 4.69) is 10.6 Å². The third-order valence-corrected chi connectivity index (χ3v) is 4.60. The average molecular weight is 342 g/mol. The Hall–Kier alpha value is -2.27. The number of thioether (sulfide) groups is 1. The van der Waals surface area contributed by atoms with Crippen LogP contribution < -0.4 is 10.6 Å². The Morgan fingerprint density at radius 2 is 1.67 bits per heavy atom. The summed E-state index contributed by atoms with van der Waals surface area (Å²) in [6, 6.07) is 15.3. The van der Waals surface area contributed by atoms with Gasteiger partial charge in [0.2, 0.25) is 11.8 Å². The highest BCUT2D eigenvalue weighted by molar-refractivity contribution is 8.01. The average Bonchev–Trinajstić information content (AvgIpc) is 2.54. The standard InChI is InChI=1S/C19H22N2O2S/c1-13-7-9-16(10-8-13)21-19(23)15(3)24-12-18(22)20-17-6-4-5-14(2)11-17/h4-11,15H,12H2,1-3H3,(H,20,22)(H,21,23)/t15-/m0/s1. The van der Waals surface area contributed by atoms with Gasteiger partial charge in [-0.2, -0.15) is 0 Å². The van der Waals surface area contributed by atoms with Crippen LogP contribution in [0.25, 0.3) is 0 Å². The zero-order chi connectivity index (χ0) is 17.5. The molecule has 1 atom stereocenters. The molecule has 0 saturated carbocycles. The van der Waals surface area contributed by atoms with Crippen LogP contribution in [-0.4, -0.2) is 22.8 Å². The summed E-state index contributed by atoms with van der Waals surface area (Å²) in [6.45, 7) is 5.77. The lowest BCUT2D eigenvalue weighted by atomic mass is 10.2. The maximum Gasteiger partial charge on any atom is 0.237 e. The number of rotatable bonds is 6. The van der Waals surface area contributed by atoms with Gasteiger partial charge in [-0.1, -0.05) is 29.8 Å². The van der Waals surface area contributed by atoms with E-state index in [0.717, 1.165) is 22.5 Å². The molecular formula is C19H22N2O2S. The zero-order valence-corrected chi connectivity index (χ0v) is 14.9. The van der Waals surface area contributed by atoms with Gasteiger partial charge in [0.05, 0.1) is 11.0 Å². The maximum absolute atomic E-state index is 12.1. The SMILES string of the molecule is Cc1ccc(NC(=O)[C@H](C)SCC(=O)Nc2cccc(C)c2)cc1. The van der Waals surface area contributed by atoms with Gasteiger partial charge in [-0.05, 0) is 50.6 Å². The van der Waals surface area contributed by atoms with Crippen molar-refractivity contribution >= 4 is 35.0 Å². The molecule has 0 bridgehead atoms. The second-order valence-corrected chi connectivity index (χ2v) is 7.06. The third-order valence-electron chi connectivity index (χ3n) is 3.45. The summed E-state index contributed by atoms with van der Waals surface area (Å²) in [4.78, 5) is 24.1. The summed E-state index contributed by atoms with van der Waals surface area (Å²) < 4.78 is 0. The van der Waals surface area contributed by atoms with Crippen LogP contribution in [0.4, 0.5) is 11.4 Å². The molecule has 2 aromatic rings. The summed E-state index contributed by atoms with van der Waals surface area (Å²) in [5, 5.41) is 5.39. The summed E-state index contributed by atoms with van der Waals surface area (Å²) in [6.07, 6.45) is 0. The molecule has 4 nitrogen and oxygen atoms in total. The van der Waals surface area contributed by atoms with Gasteiger partial charge in [-0.3, -0.25) is 9.59 Å². The maximum atomic E-state index is 12.1. The normalized spacial score (nSPS) is 11.6. The van der Waals surface area contributed by atoms with Crippen LogP contribution in [0.5, 0.6) is 0 Å². The van der Waals surface area contributed by atoms with Crippen molar-refractivity contribution in [1.82, 2.24) is 0 Å². The van der Waals surface area contributed by atoms with Gasteiger partial charge in [-0.15, -0.1) is 11.8 Å². The van der Waals surface area contributed by atoms with E-state index in [1.54, 1.807) is 6.92 Å². The molecule has 0 unspecified atom stereocenters. The van der Waals surface area contributed by atoms with Gasteiger partial charge in [-0.25, -0.2) is 0 Å². The Morgan fingerprint density at radius 1 is 0.958 bits per heavy atom. The molecule has 0 aliphatic rings. The number of aryl methyl sites for hydroxylation is 2. The smallest absolute Gasteiger partial charge is 0.237 e. The first-order valence-corrected chi connectivity index (χ1v) is 8.84. The molecule has 2 aromatic carbocycles. The number of nitrogens with one attached hydrogen (secondary N) is 2. The number of carbonyl (C=O) groups is 2. The van der Waals surface area contributed by atoms with Gasteiger partial charge in [0.1, 0.15) is 0 Å². The van der Waals surface area contributed by atoms with E-state index in [0.29, 0.717) is 0 Å². The highest BCUT2D eigenvalue weighted by Crippen LogP contribution is 2.16. The second-order valence-electron chi connectivity index (χ2n) is 5.73. The van der Waals surface area contributed by atoms with E-state index in [-0.39, 0.29) is 22.8 Å². The van der Waals surface area contributed by atoms with Crippen LogP contribution in [0.2, 0.25) is 0 Å². The van der Waals surface area contributed by atoms with Crippen LogP contribution in [0.3, 0.4) is 0 Å². The van der Waals surface area contributed by atoms with Crippen LogP contribution in [0, 0.1) is 13.8 Å². The van der Waals surface area contributed by atoms with Gasteiger partial charge >= 0.3 is 0 Å². The lowest BCUT2D eigenvalue weighted by Crippen LogP contribution is -2.25. The van der Waals surface area contributed by atoms with Crippen molar-refractivity contribution in [2.75, 3.05) is 16.4 Å². The number of hydrogen-bond acceptors (Lipinski definition) is 3. The zero-order valence-electron chi connectivity index (χ0n) is 14.1. The van der Waals surface area contributed by atoms with E-state index in [9.17, 15) is 9.59 Å². The van der Waals surface area contributed by atoms with Gasteiger partial charge in [0.25, 0.3) is 0 Å². The van der Waals surface area contributed by atoms with Gasteiger partial charge in [0, 0.05) is 11.4 Å². The van der Waals surface area contributed by atoms with Crippen molar-refractivity contribution in [3.8, 4) is 0 Å². The van der Waals surface area contributed by atoms with Crippen LogP contribution >= 0.6 is 11.8 Å². The number of hydrogen-bond donors (Lipinski definition) is 2. The highest BCUT2D eigenvalue weighted by atomic mass is 32.2. The summed E-state index contributed by atoms with van der Waals surface area (Å²) in [7, 11) is 0. The molecule has 126 valence electrons. The Kier molecular flexibility index (Phi) is 6.44. The molecule has 0 heterocycles. The summed E-state index contributed by atoms with van der Waals surface area (Å²) in [5.74, 6) is 0.0176. The van der Waals surface area contributed by atoms with Crippen molar-refractivity contribution in [2.24, 2.45) is 0 Å². The largest absolute Gasteiger partial charge is 0.325 e. The monoisotopic (exact) mass is 342 g/mol. The molecule has 0 radical (unpaired) electrons. The van der Waals surface area contributed by atoms with E-state index in [4.69, 9.17) is 0 Å². The summed E-state index contributed by atoms with van der Waals surface area (Å²) in [5.41, 5.74) is 3.77. The minimum absolute atomic E-state index is 0.104. The number of amides is 2. The first-order chi connectivity index (χ1) is 11.4. The molecule has 24 heavy (non-hydrogen) atoms. The van der Waals surface area contributed by atoms with Gasteiger partial charge in [0.15, 0.2) is 0 Å². The fourth-order valence-corrected chi connectivity index (χ4v) is 2.76. The lowest BCUT2D eigenvalue weighted by molar-refractivity contribution is -0.115. The Morgan fingerprint density at radius 3 is 2.33 bits per heavy atom. The second kappa shape index (κ2) is 8.55. The van der Waals surface area contributed by atoms with Crippen molar-refractivity contribution < 1.29 is 9.59 Å². The number of carbonyl (C=O) groups excluding carboxylic acids is 2. The van der Waals surface area contributed by atoms with E-state index >= 15 is 0 Å². The molecule has 2 N–H and O–H groups in total. The fourth-order valence-electron chi connectivity index (χ4n) is 2.08. The minimum atomic E-state index is -0.311. The molecule has 0 aliphatic heterocycles. The molecule has 0 spiro atoms. The van der Waals surface area contributed by atoms with Crippen LogP contribution in [0.1, 0.15) is 18.1 Å². The van der Waals surface area contributed by atoms with Crippen molar-refractivity contribution in [3.63, 3.8) is 0 Å². The molecule has 0 aromatic heterocycles. The Balaban J connectivity index is 1.79. The molecule has 0 fully saturated rings. The van der Waals surface area contributed by atoms with E-state index in [1.165, 1.54) is 11.8 Å². The number of benzene rings is 2. The molecule has 0 saturated heterocycles. The fraction of sp³-hybridized carbons (Fsp3) is 0.263. The first kappa shape index (κ1) is 18.1. The van der Waals surface area contributed by atoms with Gasteiger partial charge < -0.3 is 10.6 Å². The molecular weight excluding hydrogens is 320 g/mol. The van der Waals surface area contributed by atoms with Crippen molar-refractivity contribution in [3.05, 3.63) is 59.7 Å². The van der Waals surface area contributed by atoms with Crippen LogP contribution in [-0.2, 0) is 9.59 Å². The van der Waals surface area contributed by atoms with Crippen molar-refractivity contribution in [2.45, 2.75) is 26.0 Å². The Labute approximate surface area is 147 Å². The molecule has 0 aliphatic carbocycles. The molecule has 2 amide bonds. The van der Waals surface area contributed by atoms with Crippen molar-refractivity contribution in [1.29, 1.82) is 0 Å².